The first-order chi connectivity index (χ1) is 10.1. The van der Waals surface area contributed by atoms with E-state index < -0.39 is 0 Å². The largest absolute Gasteiger partial charge is 0.325 e. The lowest BCUT2D eigenvalue weighted by atomic mass is 9.85. The molecule has 0 saturated heterocycles. The number of hydrogen-bond donors (Lipinski definition) is 1. The summed E-state index contributed by atoms with van der Waals surface area (Å²) in [6, 6.07) is 3.99. The van der Waals surface area contributed by atoms with Crippen LogP contribution in [0.15, 0.2) is 12.1 Å². The number of anilines is 1. The molecule has 0 bridgehead atoms. The molecule has 1 atom stereocenters. The van der Waals surface area contributed by atoms with Crippen LogP contribution in [-0.4, -0.2) is 5.91 Å². The summed E-state index contributed by atoms with van der Waals surface area (Å²) in [6.45, 7) is 0. The first-order valence-corrected chi connectivity index (χ1v) is 9.19. The molecule has 1 aromatic carbocycles. The maximum absolute atomic E-state index is 11.5. The Kier molecular flexibility index (Phi) is 4.90. The number of halogens is 2. The average molecular weight is 371 g/mol. The quantitative estimate of drug-likeness (QED) is 0.684. The van der Waals surface area contributed by atoms with Crippen LogP contribution in [-0.2, 0) is 11.2 Å². The fourth-order valence-corrected chi connectivity index (χ4v) is 4.59. The normalized spacial score (nSPS) is 20.2. The van der Waals surface area contributed by atoms with Crippen molar-refractivity contribution in [1.82, 2.24) is 0 Å². The van der Waals surface area contributed by atoms with E-state index in [1.165, 1.54) is 38.5 Å². The molecule has 3 rings (SSSR count). The zero-order valence-corrected chi connectivity index (χ0v) is 14.5. The molecule has 0 radical (unpaired) electrons. The topological polar surface area (TPSA) is 29.1 Å². The van der Waals surface area contributed by atoms with Crippen molar-refractivity contribution in [2.24, 2.45) is 5.92 Å². The third-order valence-electron chi connectivity index (χ3n) is 4.74. The van der Waals surface area contributed by atoms with Gasteiger partial charge in [0, 0.05) is 15.5 Å². The monoisotopic (exact) mass is 369 g/mol. The summed E-state index contributed by atoms with van der Waals surface area (Å²) >= 11 is 10.2. The molecule has 0 spiro atoms. The Bertz CT molecular complexity index is 540. The summed E-state index contributed by atoms with van der Waals surface area (Å²) < 4.78 is 0. The first-order valence-electron chi connectivity index (χ1n) is 7.89. The molecule has 4 heteroatoms. The van der Waals surface area contributed by atoms with Crippen molar-refractivity contribution in [2.75, 3.05) is 5.32 Å². The van der Waals surface area contributed by atoms with Gasteiger partial charge < -0.3 is 5.32 Å². The van der Waals surface area contributed by atoms with Gasteiger partial charge in [0.15, 0.2) is 0 Å². The minimum atomic E-state index is 0.0616. The predicted octanol–water partition coefficient (Wildman–Crippen LogP) is 5.63. The number of alkyl halides is 1. The fraction of sp³-hybridized carbons (Fsp3) is 0.588. The molecular weight excluding hydrogens is 350 g/mol. The molecule has 21 heavy (non-hydrogen) atoms. The van der Waals surface area contributed by atoms with Gasteiger partial charge in [-0.2, -0.15) is 0 Å². The molecule has 1 amide bonds. The molecule has 0 aromatic heterocycles. The predicted molar refractivity (Wildman–Crippen MR) is 91.3 cm³/mol. The van der Waals surface area contributed by atoms with Crippen LogP contribution < -0.4 is 5.32 Å². The average Bonchev–Trinajstić information content (AvgIpc) is 2.84. The lowest BCUT2D eigenvalue weighted by Crippen LogP contribution is -2.07. The van der Waals surface area contributed by atoms with Crippen molar-refractivity contribution < 1.29 is 4.79 Å². The Labute approximate surface area is 139 Å². The smallest absolute Gasteiger partial charge is 0.228 e. The van der Waals surface area contributed by atoms with E-state index >= 15 is 0 Å². The highest BCUT2D eigenvalue weighted by atomic mass is 79.9. The van der Waals surface area contributed by atoms with E-state index in [-0.39, 0.29) is 10.7 Å². The minimum Gasteiger partial charge on any atom is -0.325 e. The van der Waals surface area contributed by atoms with Gasteiger partial charge >= 0.3 is 0 Å². The Morgan fingerprint density at radius 3 is 2.81 bits per heavy atom. The van der Waals surface area contributed by atoms with E-state index in [1.54, 1.807) is 0 Å². The van der Waals surface area contributed by atoms with Crippen LogP contribution in [0.3, 0.4) is 0 Å². The highest BCUT2D eigenvalue weighted by Gasteiger charge is 2.22. The third kappa shape index (κ3) is 3.62. The highest BCUT2D eigenvalue weighted by Crippen LogP contribution is 2.39. The second-order valence-corrected chi connectivity index (χ2v) is 7.82. The SMILES string of the molecule is O=C1Cc2cc(C(Br)CCC3CCCCC3)c(Cl)cc2N1. The molecule has 1 saturated carbocycles. The molecular formula is C17H21BrClNO. The maximum atomic E-state index is 11.5. The summed E-state index contributed by atoms with van der Waals surface area (Å²) in [7, 11) is 0. The van der Waals surface area contributed by atoms with Gasteiger partial charge in [0.2, 0.25) is 5.91 Å². The lowest BCUT2D eigenvalue weighted by molar-refractivity contribution is -0.115. The van der Waals surface area contributed by atoms with Crippen LogP contribution in [0, 0.1) is 5.92 Å². The van der Waals surface area contributed by atoms with E-state index in [0.717, 1.165) is 34.2 Å². The Morgan fingerprint density at radius 1 is 1.29 bits per heavy atom. The standard InChI is InChI=1S/C17H21BrClNO/c18-14(7-6-11-4-2-1-3-5-11)13-8-12-9-17(21)20-16(12)10-15(13)19/h8,10-11,14H,1-7,9H2,(H,20,21). The van der Waals surface area contributed by atoms with Crippen LogP contribution >= 0.6 is 27.5 Å². The molecule has 114 valence electrons. The summed E-state index contributed by atoms with van der Waals surface area (Å²) in [5.74, 6) is 0.946. The van der Waals surface area contributed by atoms with Crippen molar-refractivity contribution in [3.05, 3.63) is 28.3 Å². The van der Waals surface area contributed by atoms with Crippen molar-refractivity contribution in [1.29, 1.82) is 0 Å². The van der Waals surface area contributed by atoms with E-state index in [4.69, 9.17) is 11.6 Å². The second-order valence-electron chi connectivity index (χ2n) is 6.30. The zero-order chi connectivity index (χ0) is 14.8. The minimum absolute atomic E-state index is 0.0616. The molecule has 1 aliphatic carbocycles. The zero-order valence-electron chi connectivity index (χ0n) is 12.1. The van der Waals surface area contributed by atoms with Gasteiger partial charge in [0.05, 0.1) is 6.42 Å². The third-order valence-corrected chi connectivity index (χ3v) is 6.02. The highest BCUT2D eigenvalue weighted by molar-refractivity contribution is 9.09. The van der Waals surface area contributed by atoms with E-state index in [9.17, 15) is 4.79 Å². The first kappa shape index (κ1) is 15.4. The molecule has 1 N–H and O–H groups in total. The number of carbonyl (C=O) groups excluding carboxylic acids is 1. The van der Waals surface area contributed by atoms with Crippen LogP contribution in [0.25, 0.3) is 0 Å². The van der Waals surface area contributed by atoms with Crippen molar-refractivity contribution in [3.8, 4) is 0 Å². The van der Waals surface area contributed by atoms with Gasteiger partial charge in [-0.05, 0) is 36.0 Å². The lowest BCUT2D eigenvalue weighted by Gasteiger charge is -2.23. The number of carbonyl (C=O) groups is 1. The Hall–Kier alpha value is -0.540. The van der Waals surface area contributed by atoms with Crippen LogP contribution in [0.5, 0.6) is 0 Å². The number of amides is 1. The van der Waals surface area contributed by atoms with Gasteiger partial charge in [-0.25, -0.2) is 0 Å². The molecule has 1 fully saturated rings. The van der Waals surface area contributed by atoms with E-state index in [1.807, 2.05) is 6.07 Å². The molecule has 1 heterocycles. The van der Waals surface area contributed by atoms with Gasteiger partial charge in [-0.1, -0.05) is 65.7 Å². The number of nitrogens with one attached hydrogen (secondary N) is 1. The fourth-order valence-electron chi connectivity index (χ4n) is 3.52. The second kappa shape index (κ2) is 6.70. The molecule has 1 aromatic rings. The van der Waals surface area contributed by atoms with Crippen LogP contribution in [0.2, 0.25) is 5.02 Å². The number of rotatable bonds is 4. The molecule has 1 aliphatic heterocycles. The molecule has 1 unspecified atom stereocenters. The van der Waals surface area contributed by atoms with E-state index in [2.05, 4.69) is 27.3 Å². The molecule has 2 aliphatic rings. The maximum Gasteiger partial charge on any atom is 0.228 e. The number of hydrogen-bond acceptors (Lipinski definition) is 1. The van der Waals surface area contributed by atoms with Gasteiger partial charge in [0.25, 0.3) is 0 Å². The summed E-state index contributed by atoms with van der Waals surface area (Å²) in [5, 5.41) is 3.60. The van der Waals surface area contributed by atoms with E-state index in [0.29, 0.717) is 6.42 Å². The van der Waals surface area contributed by atoms with Gasteiger partial charge in [-0.3, -0.25) is 4.79 Å². The Balaban J connectivity index is 1.65. The van der Waals surface area contributed by atoms with Crippen LogP contribution in [0.4, 0.5) is 5.69 Å². The molecule has 2 nitrogen and oxygen atoms in total. The number of benzene rings is 1. The van der Waals surface area contributed by atoms with Gasteiger partial charge in [0.1, 0.15) is 0 Å². The summed E-state index contributed by atoms with van der Waals surface area (Å²) in [5.41, 5.74) is 3.07. The van der Waals surface area contributed by atoms with Crippen molar-refractivity contribution >= 4 is 39.1 Å². The summed E-state index contributed by atoms with van der Waals surface area (Å²) in [4.78, 5) is 11.7. The summed E-state index contributed by atoms with van der Waals surface area (Å²) in [6.07, 6.45) is 9.82. The van der Waals surface area contributed by atoms with Crippen LogP contribution in [0.1, 0.15) is 60.9 Å². The number of fused-ring (bicyclic) bond motifs is 1. The Morgan fingerprint density at radius 2 is 2.05 bits per heavy atom. The van der Waals surface area contributed by atoms with Crippen molar-refractivity contribution in [3.63, 3.8) is 0 Å². The van der Waals surface area contributed by atoms with Crippen molar-refractivity contribution in [2.45, 2.75) is 56.2 Å². The van der Waals surface area contributed by atoms with Gasteiger partial charge in [-0.15, -0.1) is 0 Å².